The van der Waals surface area contributed by atoms with E-state index < -0.39 is 17.0 Å². The van der Waals surface area contributed by atoms with E-state index in [4.69, 9.17) is 0 Å². The smallest absolute Gasteiger partial charge is 0.312 e. The summed E-state index contributed by atoms with van der Waals surface area (Å²) in [6.07, 6.45) is 4.91. The maximum atomic E-state index is 11.6. The van der Waals surface area contributed by atoms with Crippen LogP contribution in [0.15, 0.2) is 0 Å². The van der Waals surface area contributed by atoms with Crippen molar-refractivity contribution in [1.82, 2.24) is 0 Å². The molecule has 3 rings (SSSR count). The summed E-state index contributed by atoms with van der Waals surface area (Å²) in [5, 5.41) is 19.7. The van der Waals surface area contributed by atoms with Crippen molar-refractivity contribution in [3.63, 3.8) is 0 Å². The van der Waals surface area contributed by atoms with Gasteiger partial charge in [0.2, 0.25) is 0 Å². The first kappa shape index (κ1) is 10.9. The van der Waals surface area contributed by atoms with Gasteiger partial charge in [0, 0.05) is 0 Å². The highest BCUT2D eigenvalue weighted by molar-refractivity contribution is 5.77. The first-order valence-electron chi connectivity index (χ1n) is 5.83. The molecule has 1 atom stereocenters. The Labute approximate surface area is 90.5 Å². The molecule has 2 bridgehead atoms. The lowest BCUT2D eigenvalue weighted by molar-refractivity contribution is -0.190. The summed E-state index contributed by atoms with van der Waals surface area (Å²) in [5.41, 5.74) is -2.00. The maximum absolute atomic E-state index is 11.6. The van der Waals surface area contributed by atoms with Gasteiger partial charge in [0.05, 0.1) is 11.0 Å². The highest BCUT2D eigenvalue weighted by Gasteiger charge is 2.60. The number of carboxylic acid groups (broad SMARTS) is 1. The quantitative estimate of drug-likeness (QED) is 0.736. The third kappa shape index (κ3) is 1.40. The third-order valence-corrected chi connectivity index (χ3v) is 4.63. The summed E-state index contributed by atoms with van der Waals surface area (Å²) in [5.74, 6) is -0.123. The normalized spacial score (nSPS) is 40.5. The molecule has 3 aliphatic carbocycles. The van der Waals surface area contributed by atoms with Crippen LogP contribution in [0.3, 0.4) is 0 Å². The molecular weight excluding hydrogens is 192 g/mol. The molecule has 0 aromatic rings. The molecule has 0 spiro atoms. The predicted molar refractivity (Wildman–Crippen MR) is 56.4 cm³/mol. The van der Waals surface area contributed by atoms with Gasteiger partial charge in [0.15, 0.2) is 0 Å². The Morgan fingerprint density at radius 2 is 1.80 bits per heavy atom. The van der Waals surface area contributed by atoms with Crippen molar-refractivity contribution in [3.8, 4) is 0 Å². The molecule has 3 heteroatoms. The lowest BCUT2D eigenvalue weighted by Gasteiger charge is -2.54. The Morgan fingerprint density at radius 3 is 2.00 bits per heavy atom. The van der Waals surface area contributed by atoms with Gasteiger partial charge in [-0.05, 0) is 44.9 Å². The van der Waals surface area contributed by atoms with Crippen LogP contribution in [0.5, 0.6) is 0 Å². The van der Waals surface area contributed by atoms with Crippen LogP contribution in [0.1, 0.15) is 46.0 Å². The lowest BCUT2D eigenvalue weighted by Crippen LogP contribution is -2.59. The molecule has 0 aromatic heterocycles. The molecule has 1 unspecified atom stereocenters. The zero-order valence-corrected chi connectivity index (χ0v) is 9.49. The van der Waals surface area contributed by atoms with Gasteiger partial charge in [0.1, 0.15) is 0 Å². The van der Waals surface area contributed by atoms with Crippen molar-refractivity contribution in [2.45, 2.75) is 51.6 Å². The second kappa shape index (κ2) is 3.21. The van der Waals surface area contributed by atoms with Crippen molar-refractivity contribution in [1.29, 1.82) is 0 Å². The van der Waals surface area contributed by atoms with E-state index in [0.717, 1.165) is 25.7 Å². The van der Waals surface area contributed by atoms with Crippen molar-refractivity contribution in [3.05, 3.63) is 0 Å². The SMILES string of the molecule is CC(C)(O)C1(C(=O)O)CC2CCC1CC2. The van der Waals surface area contributed by atoms with Crippen molar-refractivity contribution in [2.24, 2.45) is 17.3 Å². The monoisotopic (exact) mass is 212 g/mol. The minimum absolute atomic E-state index is 0.167. The summed E-state index contributed by atoms with van der Waals surface area (Å²) in [4.78, 5) is 11.6. The van der Waals surface area contributed by atoms with Gasteiger partial charge < -0.3 is 10.2 Å². The zero-order valence-electron chi connectivity index (χ0n) is 9.49. The molecule has 15 heavy (non-hydrogen) atoms. The summed E-state index contributed by atoms with van der Waals surface area (Å²) in [7, 11) is 0. The first-order chi connectivity index (χ1) is 6.88. The van der Waals surface area contributed by atoms with E-state index in [1.807, 2.05) is 0 Å². The first-order valence-corrected chi connectivity index (χ1v) is 5.83. The van der Waals surface area contributed by atoms with E-state index in [-0.39, 0.29) is 5.92 Å². The standard InChI is InChI=1S/C12H20O3/c1-11(2,15)12(10(13)14)7-8-3-5-9(12)6-4-8/h8-9,15H,3-7H2,1-2H3,(H,13,14). The van der Waals surface area contributed by atoms with Gasteiger partial charge in [0.25, 0.3) is 0 Å². The Morgan fingerprint density at radius 1 is 1.27 bits per heavy atom. The number of aliphatic hydroxyl groups is 1. The summed E-state index contributed by atoms with van der Waals surface area (Å²) < 4.78 is 0. The number of aliphatic carboxylic acids is 1. The number of fused-ring (bicyclic) bond motifs is 3. The average molecular weight is 212 g/mol. The minimum Gasteiger partial charge on any atom is -0.481 e. The van der Waals surface area contributed by atoms with Crippen molar-refractivity contribution < 1.29 is 15.0 Å². The second-order valence-electron chi connectivity index (χ2n) is 5.76. The van der Waals surface area contributed by atoms with Crippen molar-refractivity contribution >= 4 is 5.97 Å². The fourth-order valence-electron chi connectivity index (χ4n) is 3.75. The minimum atomic E-state index is -1.11. The Kier molecular flexibility index (Phi) is 2.34. The number of hydrogen-bond donors (Lipinski definition) is 2. The second-order valence-corrected chi connectivity index (χ2v) is 5.76. The van der Waals surface area contributed by atoms with E-state index in [9.17, 15) is 15.0 Å². The van der Waals surface area contributed by atoms with Crippen LogP contribution in [0.2, 0.25) is 0 Å². The van der Waals surface area contributed by atoms with E-state index in [1.54, 1.807) is 13.8 Å². The van der Waals surface area contributed by atoms with E-state index in [0.29, 0.717) is 12.3 Å². The molecule has 3 nitrogen and oxygen atoms in total. The third-order valence-electron chi connectivity index (χ3n) is 4.63. The summed E-state index contributed by atoms with van der Waals surface area (Å²) >= 11 is 0. The molecule has 86 valence electrons. The van der Waals surface area contributed by atoms with Gasteiger partial charge in [-0.15, -0.1) is 0 Å². The predicted octanol–water partition coefficient (Wildman–Crippen LogP) is 2.04. The molecule has 3 saturated carbocycles. The van der Waals surface area contributed by atoms with Gasteiger partial charge in [-0.2, -0.15) is 0 Å². The summed E-state index contributed by atoms with van der Waals surface area (Å²) in [6.45, 7) is 3.31. The summed E-state index contributed by atoms with van der Waals surface area (Å²) in [6, 6.07) is 0. The number of rotatable bonds is 2. The molecule has 2 N–H and O–H groups in total. The molecule has 0 heterocycles. The van der Waals surface area contributed by atoms with Gasteiger partial charge in [-0.1, -0.05) is 12.8 Å². The van der Waals surface area contributed by atoms with Crippen LogP contribution < -0.4 is 0 Å². The number of carboxylic acids is 1. The molecule has 0 amide bonds. The van der Waals surface area contributed by atoms with Crippen LogP contribution in [0.25, 0.3) is 0 Å². The lowest BCUT2D eigenvalue weighted by atomic mass is 9.51. The highest BCUT2D eigenvalue weighted by Crippen LogP contribution is 2.57. The molecule has 3 aliphatic rings. The molecule has 0 aromatic carbocycles. The molecule has 0 aliphatic heterocycles. The molecular formula is C12H20O3. The largest absolute Gasteiger partial charge is 0.481 e. The highest BCUT2D eigenvalue weighted by atomic mass is 16.4. The van der Waals surface area contributed by atoms with E-state index in [1.165, 1.54) is 0 Å². The van der Waals surface area contributed by atoms with Crippen LogP contribution >= 0.6 is 0 Å². The van der Waals surface area contributed by atoms with Gasteiger partial charge in [-0.3, -0.25) is 4.79 Å². The van der Waals surface area contributed by atoms with Crippen LogP contribution in [-0.2, 0) is 4.79 Å². The van der Waals surface area contributed by atoms with Crippen molar-refractivity contribution in [2.75, 3.05) is 0 Å². The Balaban J connectivity index is 2.40. The number of hydrogen-bond acceptors (Lipinski definition) is 2. The zero-order chi connectivity index (χ0) is 11.3. The van der Waals surface area contributed by atoms with E-state index in [2.05, 4.69) is 0 Å². The number of carbonyl (C=O) groups is 1. The Hall–Kier alpha value is -0.570. The van der Waals surface area contributed by atoms with Gasteiger partial charge in [-0.25, -0.2) is 0 Å². The Bertz CT molecular complexity index is 271. The fraction of sp³-hybridized carbons (Fsp3) is 0.917. The molecule has 0 saturated heterocycles. The van der Waals surface area contributed by atoms with Gasteiger partial charge >= 0.3 is 5.97 Å². The maximum Gasteiger partial charge on any atom is 0.312 e. The van der Waals surface area contributed by atoms with Crippen LogP contribution in [0, 0.1) is 17.3 Å². The van der Waals surface area contributed by atoms with Crippen LogP contribution in [-0.4, -0.2) is 21.8 Å². The fourth-order valence-corrected chi connectivity index (χ4v) is 3.75. The average Bonchev–Trinajstić information content (AvgIpc) is 2.17. The molecule has 3 fully saturated rings. The topological polar surface area (TPSA) is 57.5 Å². The van der Waals surface area contributed by atoms with Crippen LogP contribution in [0.4, 0.5) is 0 Å². The van der Waals surface area contributed by atoms with E-state index >= 15 is 0 Å². The molecule has 0 radical (unpaired) electrons.